The molecule has 0 unspecified atom stereocenters. The molecule has 0 saturated heterocycles. The van der Waals surface area contributed by atoms with E-state index in [-0.39, 0.29) is 5.91 Å². The number of nitrogens with zero attached hydrogens (tertiary/aromatic N) is 2. The second-order valence-electron chi connectivity index (χ2n) is 3.65. The van der Waals surface area contributed by atoms with Crippen molar-refractivity contribution in [3.8, 4) is 0 Å². The second-order valence-corrected chi connectivity index (χ2v) is 4.56. The predicted molar refractivity (Wildman–Crippen MR) is 71.3 cm³/mol. The third kappa shape index (κ3) is 3.18. The fraction of sp³-hybridized carbons (Fsp3) is 0.167. The topological polar surface area (TPSA) is 56.1 Å². The summed E-state index contributed by atoms with van der Waals surface area (Å²) < 4.78 is 7.46. The smallest absolute Gasteiger partial charge is 0.255 e. The van der Waals surface area contributed by atoms with Crippen molar-refractivity contribution in [2.24, 2.45) is 0 Å². The maximum absolute atomic E-state index is 11.9. The number of hydrogen-bond acceptors (Lipinski definition) is 3. The standard InChI is InChI=1S/C12H12BrN3O2/c1-18-8-16-7-11(6-14-16)15-12(17)9-2-4-10(13)5-3-9/h2-7H,8H2,1H3,(H,15,17). The van der Waals surface area contributed by atoms with Crippen molar-refractivity contribution >= 4 is 27.5 Å². The summed E-state index contributed by atoms with van der Waals surface area (Å²) in [6, 6.07) is 7.14. The Morgan fingerprint density at radius 3 is 2.83 bits per heavy atom. The van der Waals surface area contributed by atoms with Crippen LogP contribution in [0.5, 0.6) is 0 Å². The first kappa shape index (κ1) is 12.8. The highest BCUT2D eigenvalue weighted by atomic mass is 79.9. The molecular weight excluding hydrogens is 298 g/mol. The molecule has 0 fully saturated rings. The quantitative estimate of drug-likeness (QED) is 0.944. The van der Waals surface area contributed by atoms with Crippen LogP contribution in [0.3, 0.4) is 0 Å². The SMILES string of the molecule is COCn1cc(NC(=O)c2ccc(Br)cc2)cn1. The van der Waals surface area contributed by atoms with Gasteiger partial charge in [-0.1, -0.05) is 15.9 Å². The molecule has 0 aliphatic rings. The zero-order valence-corrected chi connectivity index (χ0v) is 11.3. The average molecular weight is 310 g/mol. The lowest BCUT2D eigenvalue weighted by Gasteiger charge is -2.02. The minimum absolute atomic E-state index is 0.167. The van der Waals surface area contributed by atoms with Crippen molar-refractivity contribution in [2.75, 3.05) is 12.4 Å². The van der Waals surface area contributed by atoms with Crippen LogP contribution in [0.4, 0.5) is 5.69 Å². The van der Waals surface area contributed by atoms with Gasteiger partial charge < -0.3 is 10.1 Å². The van der Waals surface area contributed by atoms with Crippen LogP contribution >= 0.6 is 15.9 Å². The van der Waals surface area contributed by atoms with Gasteiger partial charge in [-0.15, -0.1) is 0 Å². The van der Waals surface area contributed by atoms with Crippen LogP contribution in [0, 0.1) is 0 Å². The average Bonchev–Trinajstić information content (AvgIpc) is 2.78. The number of methoxy groups -OCH3 is 1. The Morgan fingerprint density at radius 1 is 1.44 bits per heavy atom. The van der Waals surface area contributed by atoms with Crippen molar-refractivity contribution in [3.63, 3.8) is 0 Å². The lowest BCUT2D eigenvalue weighted by atomic mass is 10.2. The molecule has 94 valence electrons. The highest BCUT2D eigenvalue weighted by Crippen LogP contribution is 2.12. The van der Waals surface area contributed by atoms with Gasteiger partial charge in [-0.3, -0.25) is 4.79 Å². The summed E-state index contributed by atoms with van der Waals surface area (Å²) in [4.78, 5) is 11.9. The second kappa shape index (κ2) is 5.79. The highest BCUT2D eigenvalue weighted by Gasteiger charge is 2.07. The molecule has 0 aliphatic carbocycles. The van der Waals surface area contributed by atoms with Crippen molar-refractivity contribution in [3.05, 3.63) is 46.7 Å². The number of carbonyl (C=O) groups excluding carboxylic acids is 1. The van der Waals surface area contributed by atoms with Crippen molar-refractivity contribution < 1.29 is 9.53 Å². The molecule has 2 aromatic rings. The van der Waals surface area contributed by atoms with Gasteiger partial charge in [0.05, 0.1) is 18.1 Å². The number of hydrogen-bond donors (Lipinski definition) is 1. The number of nitrogens with one attached hydrogen (secondary N) is 1. The molecule has 0 bridgehead atoms. The Hall–Kier alpha value is -1.66. The molecule has 5 nitrogen and oxygen atoms in total. The monoisotopic (exact) mass is 309 g/mol. The summed E-state index contributed by atoms with van der Waals surface area (Å²) >= 11 is 3.32. The van der Waals surface area contributed by atoms with Crippen LogP contribution in [0.25, 0.3) is 0 Å². The van der Waals surface area contributed by atoms with E-state index < -0.39 is 0 Å². The van der Waals surface area contributed by atoms with Gasteiger partial charge in [0, 0.05) is 17.1 Å². The number of benzene rings is 1. The van der Waals surface area contributed by atoms with Crippen molar-refractivity contribution in [2.45, 2.75) is 6.73 Å². The number of halogens is 1. The van der Waals surface area contributed by atoms with Crippen molar-refractivity contribution in [1.82, 2.24) is 9.78 Å². The number of rotatable bonds is 4. The molecule has 0 atom stereocenters. The van der Waals surface area contributed by atoms with E-state index in [4.69, 9.17) is 4.74 Å². The van der Waals surface area contributed by atoms with E-state index in [1.165, 1.54) is 0 Å². The van der Waals surface area contributed by atoms with Gasteiger partial charge in [0.15, 0.2) is 0 Å². The van der Waals surface area contributed by atoms with Crippen LogP contribution in [0.2, 0.25) is 0 Å². The number of ether oxygens (including phenoxy) is 1. The fourth-order valence-electron chi connectivity index (χ4n) is 1.44. The lowest BCUT2D eigenvalue weighted by Crippen LogP contribution is -2.11. The maximum atomic E-state index is 11.9. The Bertz CT molecular complexity index is 537. The minimum atomic E-state index is -0.167. The van der Waals surface area contributed by atoms with Gasteiger partial charge in [-0.05, 0) is 24.3 Å². The maximum Gasteiger partial charge on any atom is 0.255 e. The van der Waals surface area contributed by atoms with Crippen LogP contribution in [0.15, 0.2) is 41.1 Å². The van der Waals surface area contributed by atoms with Crippen molar-refractivity contribution in [1.29, 1.82) is 0 Å². The Balaban J connectivity index is 2.04. The van der Waals surface area contributed by atoms with Crippen LogP contribution in [0.1, 0.15) is 10.4 Å². The van der Waals surface area contributed by atoms with Gasteiger partial charge in [0.1, 0.15) is 6.73 Å². The molecule has 1 N–H and O–H groups in total. The van der Waals surface area contributed by atoms with Crippen LogP contribution in [-0.2, 0) is 11.5 Å². The molecular formula is C12H12BrN3O2. The van der Waals surface area contributed by atoms with Gasteiger partial charge in [-0.2, -0.15) is 5.10 Å². The molecule has 0 saturated carbocycles. The molecule has 6 heteroatoms. The largest absolute Gasteiger partial charge is 0.362 e. The zero-order chi connectivity index (χ0) is 13.0. The van der Waals surface area contributed by atoms with E-state index >= 15 is 0 Å². The normalized spacial score (nSPS) is 10.3. The molecule has 0 radical (unpaired) electrons. The summed E-state index contributed by atoms with van der Waals surface area (Å²) in [5.41, 5.74) is 1.23. The van der Waals surface area contributed by atoms with Gasteiger partial charge in [-0.25, -0.2) is 4.68 Å². The third-order valence-corrected chi connectivity index (χ3v) is 2.79. The minimum Gasteiger partial charge on any atom is -0.362 e. The van der Waals surface area contributed by atoms with Gasteiger partial charge in [0.25, 0.3) is 5.91 Å². The Labute approximate surface area is 113 Å². The van der Waals surface area contributed by atoms with E-state index in [9.17, 15) is 4.79 Å². The molecule has 0 aliphatic heterocycles. The summed E-state index contributed by atoms with van der Waals surface area (Å²) in [5.74, 6) is -0.167. The Kier molecular flexibility index (Phi) is 4.11. The molecule has 1 heterocycles. The Morgan fingerprint density at radius 2 is 2.17 bits per heavy atom. The van der Waals surface area contributed by atoms with Gasteiger partial charge >= 0.3 is 0 Å². The molecule has 2 rings (SSSR count). The lowest BCUT2D eigenvalue weighted by molar-refractivity contribution is 0.102. The first-order valence-electron chi connectivity index (χ1n) is 5.27. The number of carbonyl (C=O) groups is 1. The third-order valence-electron chi connectivity index (χ3n) is 2.26. The fourth-order valence-corrected chi connectivity index (χ4v) is 1.70. The van der Waals surface area contributed by atoms with Crippen LogP contribution in [-0.4, -0.2) is 22.8 Å². The van der Waals surface area contributed by atoms with E-state index in [0.717, 1.165) is 4.47 Å². The van der Waals surface area contributed by atoms with Gasteiger partial charge in [0.2, 0.25) is 0 Å². The number of aromatic nitrogens is 2. The first-order chi connectivity index (χ1) is 8.69. The highest BCUT2D eigenvalue weighted by molar-refractivity contribution is 9.10. The first-order valence-corrected chi connectivity index (χ1v) is 6.06. The molecule has 0 spiro atoms. The molecule has 1 aromatic heterocycles. The summed E-state index contributed by atoms with van der Waals surface area (Å²) in [5, 5.41) is 6.80. The van der Waals surface area contributed by atoms with E-state index in [2.05, 4.69) is 26.3 Å². The molecule has 18 heavy (non-hydrogen) atoms. The van der Waals surface area contributed by atoms with E-state index in [0.29, 0.717) is 18.0 Å². The number of amides is 1. The van der Waals surface area contributed by atoms with E-state index in [1.54, 1.807) is 36.3 Å². The van der Waals surface area contributed by atoms with Crippen LogP contribution < -0.4 is 5.32 Å². The zero-order valence-electron chi connectivity index (χ0n) is 9.76. The van der Waals surface area contributed by atoms with E-state index in [1.807, 2.05) is 12.1 Å². The summed E-state index contributed by atoms with van der Waals surface area (Å²) in [6.07, 6.45) is 3.29. The predicted octanol–water partition coefficient (Wildman–Crippen LogP) is 2.50. The molecule has 1 amide bonds. The summed E-state index contributed by atoms with van der Waals surface area (Å²) in [7, 11) is 1.59. The summed E-state index contributed by atoms with van der Waals surface area (Å²) in [6.45, 7) is 0.355. The number of anilines is 1. The molecule has 1 aromatic carbocycles.